The number of anilines is 1. The van der Waals surface area contributed by atoms with Gasteiger partial charge in [-0.25, -0.2) is 0 Å². The van der Waals surface area contributed by atoms with Gasteiger partial charge in [-0.2, -0.15) is 0 Å². The summed E-state index contributed by atoms with van der Waals surface area (Å²) in [7, 11) is 0. The fourth-order valence-electron chi connectivity index (χ4n) is 1.22. The topological polar surface area (TPSA) is 55.1 Å². The SMILES string of the molecule is CCC(N)C(=O)Nc1c(Br)cc(C)cc1Br. The number of carbonyl (C=O) groups is 1. The largest absolute Gasteiger partial charge is 0.323 e. The highest BCUT2D eigenvalue weighted by Crippen LogP contribution is 2.32. The molecule has 0 aliphatic carbocycles. The van der Waals surface area contributed by atoms with Crippen LogP contribution >= 0.6 is 31.9 Å². The van der Waals surface area contributed by atoms with Crippen LogP contribution in [0.5, 0.6) is 0 Å². The molecule has 1 aromatic carbocycles. The van der Waals surface area contributed by atoms with Crippen LogP contribution in [0.4, 0.5) is 5.69 Å². The maximum Gasteiger partial charge on any atom is 0.241 e. The zero-order valence-corrected chi connectivity index (χ0v) is 12.4. The van der Waals surface area contributed by atoms with Crippen molar-refractivity contribution in [1.29, 1.82) is 0 Å². The van der Waals surface area contributed by atoms with Crippen LogP contribution in [-0.2, 0) is 4.79 Å². The summed E-state index contributed by atoms with van der Waals surface area (Å²) >= 11 is 6.82. The highest BCUT2D eigenvalue weighted by atomic mass is 79.9. The third-order valence-corrected chi connectivity index (χ3v) is 3.46. The van der Waals surface area contributed by atoms with Gasteiger partial charge in [0.2, 0.25) is 5.91 Å². The zero-order chi connectivity index (χ0) is 12.3. The molecule has 3 nitrogen and oxygen atoms in total. The molecular weight excluding hydrogens is 336 g/mol. The van der Waals surface area contributed by atoms with Crippen molar-refractivity contribution in [2.75, 3.05) is 5.32 Å². The lowest BCUT2D eigenvalue weighted by Gasteiger charge is -2.13. The quantitative estimate of drug-likeness (QED) is 0.880. The highest BCUT2D eigenvalue weighted by molar-refractivity contribution is 9.11. The van der Waals surface area contributed by atoms with Gasteiger partial charge in [-0.1, -0.05) is 6.92 Å². The van der Waals surface area contributed by atoms with Crippen molar-refractivity contribution in [2.45, 2.75) is 26.3 Å². The van der Waals surface area contributed by atoms with E-state index in [0.717, 1.165) is 20.2 Å². The van der Waals surface area contributed by atoms with Crippen molar-refractivity contribution in [2.24, 2.45) is 5.73 Å². The van der Waals surface area contributed by atoms with Gasteiger partial charge in [0.1, 0.15) is 0 Å². The van der Waals surface area contributed by atoms with Crippen molar-refractivity contribution in [3.63, 3.8) is 0 Å². The Morgan fingerprint density at radius 2 is 1.94 bits per heavy atom. The summed E-state index contributed by atoms with van der Waals surface area (Å²) in [6.45, 7) is 3.86. The number of carbonyl (C=O) groups excluding carboxylic acids is 1. The van der Waals surface area contributed by atoms with Crippen molar-refractivity contribution < 1.29 is 4.79 Å². The Bertz CT molecular complexity index is 384. The van der Waals surface area contributed by atoms with E-state index in [1.54, 1.807) is 0 Å². The Kier molecular flexibility index (Phi) is 4.95. The fraction of sp³-hybridized carbons (Fsp3) is 0.364. The van der Waals surface area contributed by atoms with Crippen LogP contribution in [0.3, 0.4) is 0 Å². The lowest BCUT2D eigenvalue weighted by Crippen LogP contribution is -2.35. The van der Waals surface area contributed by atoms with Crippen LogP contribution < -0.4 is 11.1 Å². The Morgan fingerprint density at radius 3 is 2.38 bits per heavy atom. The molecule has 0 aliphatic rings. The summed E-state index contributed by atoms with van der Waals surface area (Å²) < 4.78 is 1.69. The predicted molar refractivity (Wildman–Crippen MR) is 73.5 cm³/mol. The molecule has 0 fully saturated rings. The molecule has 16 heavy (non-hydrogen) atoms. The zero-order valence-electron chi connectivity index (χ0n) is 9.18. The number of nitrogens with two attached hydrogens (primary N) is 1. The van der Waals surface area contributed by atoms with E-state index in [4.69, 9.17) is 5.73 Å². The minimum absolute atomic E-state index is 0.173. The van der Waals surface area contributed by atoms with E-state index in [1.165, 1.54) is 0 Å². The summed E-state index contributed by atoms with van der Waals surface area (Å²) in [6.07, 6.45) is 0.618. The van der Waals surface area contributed by atoms with Gasteiger partial charge < -0.3 is 11.1 Å². The Balaban J connectivity index is 2.93. The van der Waals surface area contributed by atoms with Gasteiger partial charge >= 0.3 is 0 Å². The van der Waals surface area contributed by atoms with Gasteiger partial charge in [0.15, 0.2) is 0 Å². The number of hydrogen-bond acceptors (Lipinski definition) is 2. The number of benzene rings is 1. The molecule has 0 radical (unpaired) electrons. The normalized spacial score (nSPS) is 12.3. The summed E-state index contributed by atoms with van der Waals surface area (Å²) in [5.74, 6) is -0.173. The Labute approximate surface area is 112 Å². The lowest BCUT2D eigenvalue weighted by atomic mass is 10.2. The first-order valence-corrected chi connectivity index (χ1v) is 6.56. The Hall–Kier alpha value is -0.390. The number of aryl methyl sites for hydroxylation is 1. The summed E-state index contributed by atoms with van der Waals surface area (Å²) in [6, 6.07) is 3.41. The minimum Gasteiger partial charge on any atom is -0.323 e. The monoisotopic (exact) mass is 348 g/mol. The van der Waals surface area contributed by atoms with Gasteiger partial charge in [0, 0.05) is 8.95 Å². The molecule has 0 bridgehead atoms. The molecule has 88 valence electrons. The Morgan fingerprint density at radius 1 is 1.44 bits per heavy atom. The highest BCUT2D eigenvalue weighted by Gasteiger charge is 2.14. The van der Waals surface area contributed by atoms with Gasteiger partial charge in [-0.15, -0.1) is 0 Å². The third-order valence-electron chi connectivity index (χ3n) is 2.21. The molecule has 0 saturated heterocycles. The number of nitrogens with one attached hydrogen (secondary N) is 1. The van der Waals surface area contributed by atoms with E-state index in [1.807, 2.05) is 26.0 Å². The fourth-order valence-corrected chi connectivity index (χ4v) is 2.83. The van der Waals surface area contributed by atoms with E-state index in [-0.39, 0.29) is 5.91 Å². The van der Waals surface area contributed by atoms with E-state index < -0.39 is 6.04 Å². The molecule has 5 heteroatoms. The van der Waals surface area contributed by atoms with E-state index in [0.29, 0.717) is 6.42 Å². The second-order valence-corrected chi connectivity index (χ2v) is 5.32. The van der Waals surface area contributed by atoms with Gasteiger partial charge in [0.25, 0.3) is 0 Å². The van der Waals surface area contributed by atoms with Gasteiger partial charge in [0.05, 0.1) is 11.7 Å². The molecule has 0 aliphatic heterocycles. The van der Waals surface area contributed by atoms with Crippen LogP contribution in [0.15, 0.2) is 21.1 Å². The average Bonchev–Trinajstić information content (AvgIpc) is 2.21. The van der Waals surface area contributed by atoms with Crippen molar-refractivity contribution >= 4 is 43.5 Å². The standard InChI is InChI=1S/C11H14Br2N2O/c1-3-9(14)11(16)15-10-7(12)4-6(2)5-8(10)13/h4-5,9H,3,14H2,1-2H3,(H,15,16). The molecule has 0 saturated carbocycles. The van der Waals surface area contributed by atoms with Gasteiger partial charge in [-0.05, 0) is 62.9 Å². The van der Waals surface area contributed by atoms with E-state index in [9.17, 15) is 4.79 Å². The van der Waals surface area contributed by atoms with Crippen LogP contribution in [0, 0.1) is 6.92 Å². The molecule has 0 aromatic heterocycles. The maximum absolute atomic E-state index is 11.7. The molecular formula is C11H14Br2N2O. The van der Waals surface area contributed by atoms with E-state index >= 15 is 0 Å². The minimum atomic E-state index is -0.472. The molecule has 1 amide bonds. The number of rotatable bonds is 3. The number of amides is 1. The number of halogens is 2. The first kappa shape index (κ1) is 13.7. The molecule has 0 spiro atoms. The van der Waals surface area contributed by atoms with Crippen molar-refractivity contribution in [3.05, 3.63) is 26.6 Å². The molecule has 1 atom stereocenters. The lowest BCUT2D eigenvalue weighted by molar-refractivity contribution is -0.117. The number of hydrogen-bond donors (Lipinski definition) is 2. The first-order valence-electron chi connectivity index (χ1n) is 4.97. The molecule has 1 unspecified atom stereocenters. The van der Waals surface area contributed by atoms with Crippen LogP contribution in [-0.4, -0.2) is 11.9 Å². The second-order valence-electron chi connectivity index (χ2n) is 3.61. The van der Waals surface area contributed by atoms with Crippen LogP contribution in [0.2, 0.25) is 0 Å². The predicted octanol–water partition coefficient (Wildman–Crippen LogP) is 3.20. The summed E-state index contributed by atoms with van der Waals surface area (Å²) in [4.78, 5) is 11.7. The van der Waals surface area contributed by atoms with Gasteiger partial charge in [-0.3, -0.25) is 4.79 Å². The molecule has 1 aromatic rings. The molecule has 3 N–H and O–H groups in total. The third kappa shape index (κ3) is 3.30. The first-order chi connectivity index (χ1) is 7.45. The van der Waals surface area contributed by atoms with E-state index in [2.05, 4.69) is 37.2 Å². The summed E-state index contributed by atoms with van der Waals surface area (Å²) in [5.41, 5.74) is 7.48. The molecule has 0 heterocycles. The van der Waals surface area contributed by atoms with Crippen molar-refractivity contribution in [3.8, 4) is 0 Å². The van der Waals surface area contributed by atoms with Crippen LogP contribution in [0.1, 0.15) is 18.9 Å². The van der Waals surface area contributed by atoms with Crippen molar-refractivity contribution in [1.82, 2.24) is 0 Å². The maximum atomic E-state index is 11.7. The second kappa shape index (κ2) is 5.80. The van der Waals surface area contributed by atoms with Crippen LogP contribution in [0.25, 0.3) is 0 Å². The smallest absolute Gasteiger partial charge is 0.241 e. The average molecular weight is 350 g/mol. The molecule has 1 rings (SSSR count). The summed E-state index contributed by atoms with van der Waals surface area (Å²) in [5, 5.41) is 2.80.